The van der Waals surface area contributed by atoms with Gasteiger partial charge in [-0.3, -0.25) is 0 Å². The summed E-state index contributed by atoms with van der Waals surface area (Å²) in [5.74, 6) is 1.41. The van der Waals surface area contributed by atoms with Crippen molar-refractivity contribution in [1.82, 2.24) is 4.37 Å². The first-order valence-electron chi connectivity index (χ1n) is 5.94. The van der Waals surface area contributed by atoms with E-state index in [2.05, 4.69) is 9.69 Å². The zero-order chi connectivity index (χ0) is 11.0. The Labute approximate surface area is 99.3 Å². The topological polar surface area (TPSA) is 60.2 Å². The van der Waals surface area contributed by atoms with Gasteiger partial charge in [-0.2, -0.15) is 4.37 Å². The van der Waals surface area contributed by atoms with Crippen molar-refractivity contribution in [3.8, 4) is 0 Å². The van der Waals surface area contributed by atoms with Gasteiger partial charge in [-0.1, -0.05) is 0 Å². The minimum atomic E-state index is 0.533. The molecule has 0 atom stereocenters. The van der Waals surface area contributed by atoms with E-state index in [-0.39, 0.29) is 0 Å². The second-order valence-corrected chi connectivity index (χ2v) is 5.39. The highest BCUT2D eigenvalue weighted by molar-refractivity contribution is 7.10. The van der Waals surface area contributed by atoms with Gasteiger partial charge in [-0.05, 0) is 43.1 Å². The monoisotopic (exact) mass is 239 g/mol. The summed E-state index contributed by atoms with van der Waals surface area (Å²) in [4.78, 5) is 0. The third kappa shape index (κ3) is 2.01. The number of anilines is 2. The Morgan fingerprint density at radius 1 is 1.25 bits per heavy atom. The van der Waals surface area contributed by atoms with Crippen LogP contribution in [0.25, 0.3) is 0 Å². The maximum Gasteiger partial charge on any atom is 0.142 e. The molecule has 2 aliphatic rings. The minimum absolute atomic E-state index is 0.533. The molecule has 0 unspecified atom stereocenters. The molecule has 16 heavy (non-hydrogen) atoms. The van der Waals surface area contributed by atoms with E-state index < -0.39 is 0 Å². The van der Waals surface area contributed by atoms with Crippen LogP contribution in [-0.4, -0.2) is 23.6 Å². The first-order chi connectivity index (χ1) is 7.84. The average molecular weight is 239 g/mol. The van der Waals surface area contributed by atoms with Gasteiger partial charge in [-0.15, -0.1) is 0 Å². The molecule has 1 aromatic heterocycles. The van der Waals surface area contributed by atoms with Gasteiger partial charge < -0.3 is 15.8 Å². The van der Waals surface area contributed by atoms with Gasteiger partial charge >= 0.3 is 0 Å². The largest absolute Gasteiger partial charge is 0.383 e. The molecule has 2 heterocycles. The van der Waals surface area contributed by atoms with Crippen LogP contribution in [0.15, 0.2) is 0 Å². The van der Waals surface area contributed by atoms with Crippen LogP contribution in [0, 0.1) is 0 Å². The van der Waals surface area contributed by atoms with Crippen molar-refractivity contribution in [3.63, 3.8) is 0 Å². The van der Waals surface area contributed by atoms with Gasteiger partial charge in [0.2, 0.25) is 0 Å². The SMILES string of the molecule is Nc1nsc(NC2CCOCC2)c1C1CC1. The van der Waals surface area contributed by atoms with Gasteiger partial charge in [0.05, 0.1) is 0 Å². The van der Waals surface area contributed by atoms with Crippen molar-refractivity contribution in [1.29, 1.82) is 0 Å². The number of hydrogen-bond acceptors (Lipinski definition) is 5. The Morgan fingerprint density at radius 3 is 2.69 bits per heavy atom. The lowest BCUT2D eigenvalue weighted by Crippen LogP contribution is -2.27. The van der Waals surface area contributed by atoms with Crippen LogP contribution in [0.1, 0.15) is 37.2 Å². The zero-order valence-corrected chi connectivity index (χ0v) is 10.1. The van der Waals surface area contributed by atoms with Crippen molar-refractivity contribution in [2.24, 2.45) is 0 Å². The van der Waals surface area contributed by atoms with Crippen LogP contribution in [0.4, 0.5) is 10.8 Å². The van der Waals surface area contributed by atoms with Gasteiger partial charge in [-0.25, -0.2) is 0 Å². The molecule has 1 aliphatic heterocycles. The fourth-order valence-electron chi connectivity index (χ4n) is 2.21. The zero-order valence-electron chi connectivity index (χ0n) is 9.24. The molecule has 4 nitrogen and oxygen atoms in total. The van der Waals surface area contributed by atoms with Gasteiger partial charge in [0.25, 0.3) is 0 Å². The van der Waals surface area contributed by atoms with Crippen LogP contribution in [0.2, 0.25) is 0 Å². The Kier molecular flexibility index (Phi) is 2.73. The molecule has 0 aromatic carbocycles. The molecule has 0 radical (unpaired) electrons. The van der Waals surface area contributed by atoms with E-state index in [4.69, 9.17) is 10.5 Å². The Balaban J connectivity index is 1.73. The van der Waals surface area contributed by atoms with E-state index in [9.17, 15) is 0 Å². The number of nitrogen functional groups attached to an aromatic ring is 1. The lowest BCUT2D eigenvalue weighted by atomic mass is 10.1. The average Bonchev–Trinajstić information content (AvgIpc) is 3.07. The van der Waals surface area contributed by atoms with Crippen LogP contribution < -0.4 is 11.1 Å². The number of hydrogen-bond donors (Lipinski definition) is 2. The number of nitrogens with zero attached hydrogens (tertiary/aromatic N) is 1. The maximum atomic E-state index is 5.92. The van der Waals surface area contributed by atoms with Crippen molar-refractivity contribution < 1.29 is 4.74 Å². The van der Waals surface area contributed by atoms with Gasteiger partial charge in [0.1, 0.15) is 10.8 Å². The first-order valence-corrected chi connectivity index (χ1v) is 6.71. The Morgan fingerprint density at radius 2 is 2.00 bits per heavy atom. The second kappa shape index (κ2) is 4.22. The molecule has 5 heteroatoms. The third-order valence-electron chi connectivity index (χ3n) is 3.30. The smallest absolute Gasteiger partial charge is 0.142 e. The number of nitrogens with two attached hydrogens (primary N) is 1. The number of aromatic nitrogens is 1. The molecule has 1 aliphatic carbocycles. The summed E-state index contributed by atoms with van der Waals surface area (Å²) in [7, 11) is 0. The quantitative estimate of drug-likeness (QED) is 0.849. The fourth-order valence-corrected chi connectivity index (χ4v) is 3.08. The molecule has 1 aromatic rings. The summed E-state index contributed by atoms with van der Waals surface area (Å²) in [6.45, 7) is 1.73. The molecule has 0 bridgehead atoms. The van der Waals surface area contributed by atoms with Crippen LogP contribution in [0.5, 0.6) is 0 Å². The minimum Gasteiger partial charge on any atom is -0.383 e. The van der Waals surface area contributed by atoms with Crippen LogP contribution >= 0.6 is 11.5 Å². The second-order valence-electron chi connectivity index (χ2n) is 4.62. The molecule has 1 saturated carbocycles. The summed E-state index contributed by atoms with van der Waals surface area (Å²) < 4.78 is 9.62. The maximum absolute atomic E-state index is 5.92. The summed E-state index contributed by atoms with van der Waals surface area (Å²) >= 11 is 1.51. The Hall–Kier alpha value is -0.810. The van der Waals surface area contributed by atoms with Crippen LogP contribution in [0.3, 0.4) is 0 Å². The van der Waals surface area contributed by atoms with E-state index in [0.29, 0.717) is 12.0 Å². The molecule has 1 saturated heterocycles. The highest BCUT2D eigenvalue weighted by atomic mass is 32.1. The normalized spacial score (nSPS) is 22.2. The van der Waals surface area contributed by atoms with Crippen molar-refractivity contribution in [2.45, 2.75) is 37.6 Å². The molecule has 0 spiro atoms. The lowest BCUT2D eigenvalue weighted by molar-refractivity contribution is 0.0905. The number of rotatable bonds is 3. The fraction of sp³-hybridized carbons (Fsp3) is 0.727. The Bertz CT molecular complexity index is 369. The van der Waals surface area contributed by atoms with Gasteiger partial charge in [0.15, 0.2) is 0 Å². The molecular formula is C11H17N3OS. The molecular weight excluding hydrogens is 222 g/mol. The highest BCUT2D eigenvalue weighted by Gasteiger charge is 2.31. The number of nitrogens with one attached hydrogen (secondary N) is 1. The van der Waals surface area contributed by atoms with E-state index in [1.165, 1.54) is 34.9 Å². The van der Waals surface area contributed by atoms with Gasteiger partial charge in [0, 0.05) is 24.8 Å². The summed E-state index contributed by atoms with van der Waals surface area (Å²) in [6.07, 6.45) is 4.71. The summed E-state index contributed by atoms with van der Waals surface area (Å²) in [6, 6.07) is 0.533. The molecule has 88 valence electrons. The molecule has 3 N–H and O–H groups in total. The lowest BCUT2D eigenvalue weighted by Gasteiger charge is -2.23. The van der Waals surface area contributed by atoms with E-state index in [0.717, 1.165) is 31.9 Å². The highest BCUT2D eigenvalue weighted by Crippen LogP contribution is 2.47. The predicted molar refractivity (Wildman–Crippen MR) is 66.0 cm³/mol. The molecule has 0 amide bonds. The van der Waals surface area contributed by atoms with Crippen molar-refractivity contribution >= 4 is 22.4 Å². The van der Waals surface area contributed by atoms with Crippen molar-refractivity contribution in [3.05, 3.63) is 5.56 Å². The van der Waals surface area contributed by atoms with E-state index in [1.807, 2.05) is 0 Å². The van der Waals surface area contributed by atoms with Crippen LogP contribution in [-0.2, 0) is 4.74 Å². The van der Waals surface area contributed by atoms with E-state index >= 15 is 0 Å². The third-order valence-corrected chi connectivity index (χ3v) is 4.11. The molecule has 2 fully saturated rings. The predicted octanol–water partition coefficient (Wildman–Crippen LogP) is 2.19. The summed E-state index contributed by atoms with van der Waals surface area (Å²) in [5, 5.41) is 4.79. The standard InChI is InChI=1S/C11H17N3OS/c12-10-9(7-1-2-7)11(16-14-10)13-8-3-5-15-6-4-8/h7-8,13H,1-6H2,(H2,12,14). The van der Waals surface area contributed by atoms with Crippen molar-refractivity contribution in [2.75, 3.05) is 24.3 Å². The number of ether oxygens (including phenoxy) is 1. The first kappa shape index (κ1) is 10.4. The van der Waals surface area contributed by atoms with E-state index in [1.54, 1.807) is 0 Å². The molecule has 3 rings (SSSR count). The summed E-state index contributed by atoms with van der Waals surface area (Å²) in [5.41, 5.74) is 7.20.